The Hall–Kier alpha value is -3.80. The largest absolute Gasteiger partial charge is 0.454 e. The average Bonchev–Trinajstić information content (AvgIpc) is 3.31. The monoisotopic (exact) mass is 456 g/mol. The van der Waals surface area contributed by atoms with E-state index >= 15 is 0 Å². The lowest BCUT2D eigenvalue weighted by atomic mass is 9.85. The molecule has 3 aromatic rings. The molecule has 6 nitrogen and oxygen atoms in total. The standard InChI is InChI=1S/C28H28N2O4/c1-28(2,30-23(17-26(30)31)21-13-14-24-25(16-21)34-18-33-24)27(32)29-22(20-11-7-4-8-12-20)15-19-9-5-3-6-10-19/h3-14,16,22-23H,15,17-18H2,1-2H3,(H,29,32). The number of amides is 2. The van der Waals surface area contributed by atoms with Gasteiger partial charge in [-0.2, -0.15) is 0 Å². The molecule has 0 aromatic heterocycles. The fraction of sp³-hybridized carbons (Fsp3) is 0.286. The van der Waals surface area contributed by atoms with Gasteiger partial charge >= 0.3 is 0 Å². The van der Waals surface area contributed by atoms with E-state index in [0.717, 1.165) is 16.7 Å². The Morgan fingerprint density at radius 3 is 2.38 bits per heavy atom. The predicted octanol–water partition coefficient (Wildman–Crippen LogP) is 4.57. The molecule has 34 heavy (non-hydrogen) atoms. The van der Waals surface area contributed by atoms with Gasteiger partial charge in [0.05, 0.1) is 18.5 Å². The second-order valence-corrected chi connectivity index (χ2v) is 9.28. The number of carbonyl (C=O) groups is 2. The minimum absolute atomic E-state index is 0.0397. The van der Waals surface area contributed by atoms with E-state index in [4.69, 9.17) is 9.47 Å². The van der Waals surface area contributed by atoms with Crippen molar-refractivity contribution < 1.29 is 19.1 Å². The van der Waals surface area contributed by atoms with Gasteiger partial charge in [-0.3, -0.25) is 9.59 Å². The van der Waals surface area contributed by atoms with Crippen molar-refractivity contribution in [2.45, 2.75) is 44.3 Å². The molecule has 0 aliphatic carbocycles. The Kier molecular flexibility index (Phi) is 5.74. The van der Waals surface area contributed by atoms with Gasteiger partial charge in [0.25, 0.3) is 0 Å². The number of benzene rings is 3. The number of rotatable bonds is 7. The molecule has 2 heterocycles. The van der Waals surface area contributed by atoms with Crippen LogP contribution >= 0.6 is 0 Å². The maximum absolute atomic E-state index is 13.6. The van der Waals surface area contributed by atoms with Crippen molar-refractivity contribution >= 4 is 11.8 Å². The molecular weight excluding hydrogens is 428 g/mol. The van der Waals surface area contributed by atoms with Crippen LogP contribution in [0.25, 0.3) is 0 Å². The average molecular weight is 457 g/mol. The second kappa shape index (κ2) is 8.86. The summed E-state index contributed by atoms with van der Waals surface area (Å²) in [5.74, 6) is 1.15. The Labute approximate surface area is 199 Å². The van der Waals surface area contributed by atoms with Gasteiger partial charge in [0.2, 0.25) is 18.6 Å². The number of nitrogens with zero attached hydrogens (tertiary/aromatic N) is 1. The van der Waals surface area contributed by atoms with Crippen molar-refractivity contribution in [2.75, 3.05) is 6.79 Å². The van der Waals surface area contributed by atoms with Crippen LogP contribution in [-0.4, -0.2) is 29.0 Å². The van der Waals surface area contributed by atoms with Crippen LogP contribution < -0.4 is 14.8 Å². The first-order valence-electron chi connectivity index (χ1n) is 11.5. The van der Waals surface area contributed by atoms with Crippen molar-refractivity contribution in [3.63, 3.8) is 0 Å². The van der Waals surface area contributed by atoms with E-state index in [0.29, 0.717) is 24.3 Å². The summed E-state index contributed by atoms with van der Waals surface area (Å²) in [6.45, 7) is 3.82. The summed E-state index contributed by atoms with van der Waals surface area (Å²) in [5, 5.41) is 3.23. The third-order valence-corrected chi connectivity index (χ3v) is 6.68. The van der Waals surface area contributed by atoms with Gasteiger partial charge in [-0.05, 0) is 49.1 Å². The first-order chi connectivity index (χ1) is 16.4. The number of hydrogen-bond acceptors (Lipinski definition) is 4. The van der Waals surface area contributed by atoms with Gasteiger partial charge in [-0.25, -0.2) is 0 Å². The molecule has 0 saturated carbocycles. The smallest absolute Gasteiger partial charge is 0.245 e. The molecule has 1 fully saturated rings. The number of ether oxygens (including phenoxy) is 2. The highest BCUT2D eigenvalue weighted by molar-refractivity contribution is 5.94. The van der Waals surface area contributed by atoms with Crippen LogP contribution in [0, 0.1) is 0 Å². The molecule has 2 unspecified atom stereocenters. The van der Waals surface area contributed by atoms with Gasteiger partial charge in [-0.15, -0.1) is 0 Å². The van der Waals surface area contributed by atoms with Gasteiger partial charge in [0, 0.05) is 0 Å². The zero-order valence-electron chi connectivity index (χ0n) is 19.4. The van der Waals surface area contributed by atoms with E-state index in [1.165, 1.54) is 0 Å². The molecule has 2 amide bonds. The summed E-state index contributed by atoms with van der Waals surface area (Å²) in [6, 6.07) is 25.3. The van der Waals surface area contributed by atoms with E-state index in [2.05, 4.69) is 17.4 Å². The highest BCUT2D eigenvalue weighted by Crippen LogP contribution is 2.43. The summed E-state index contributed by atoms with van der Waals surface area (Å²) >= 11 is 0. The first kappa shape index (κ1) is 22.0. The van der Waals surface area contributed by atoms with E-state index < -0.39 is 5.54 Å². The minimum atomic E-state index is -1.03. The molecule has 6 heteroatoms. The molecule has 2 aliphatic heterocycles. The number of carbonyl (C=O) groups excluding carboxylic acids is 2. The van der Waals surface area contributed by atoms with E-state index in [9.17, 15) is 9.59 Å². The van der Waals surface area contributed by atoms with Crippen molar-refractivity contribution in [3.8, 4) is 11.5 Å². The number of nitrogens with one attached hydrogen (secondary N) is 1. The Morgan fingerprint density at radius 1 is 1.00 bits per heavy atom. The zero-order chi connectivity index (χ0) is 23.7. The fourth-order valence-corrected chi connectivity index (χ4v) is 4.74. The molecule has 0 spiro atoms. The summed E-state index contributed by atoms with van der Waals surface area (Å²) in [4.78, 5) is 28.1. The highest BCUT2D eigenvalue weighted by Gasteiger charge is 2.49. The quantitative estimate of drug-likeness (QED) is 0.529. The third-order valence-electron chi connectivity index (χ3n) is 6.68. The highest BCUT2D eigenvalue weighted by atomic mass is 16.7. The lowest BCUT2D eigenvalue weighted by Crippen LogP contribution is -2.63. The molecule has 3 aromatic carbocycles. The van der Waals surface area contributed by atoms with E-state index in [1.54, 1.807) is 4.90 Å². The molecule has 2 atom stereocenters. The minimum Gasteiger partial charge on any atom is -0.454 e. The Bertz CT molecular complexity index is 1190. The lowest BCUT2D eigenvalue weighted by molar-refractivity contribution is -0.162. The molecule has 174 valence electrons. The molecule has 1 N–H and O–H groups in total. The van der Waals surface area contributed by atoms with Crippen LogP contribution in [0.5, 0.6) is 11.5 Å². The predicted molar refractivity (Wildman–Crippen MR) is 128 cm³/mol. The normalized spacial score (nSPS) is 17.8. The SMILES string of the molecule is CC(C)(C(=O)NC(Cc1ccccc1)c1ccccc1)N1C(=O)CC1c1ccc2c(c1)OCO2. The van der Waals surface area contributed by atoms with Gasteiger partial charge in [-0.1, -0.05) is 66.7 Å². The van der Waals surface area contributed by atoms with Gasteiger partial charge in [0.1, 0.15) is 5.54 Å². The molecule has 0 bridgehead atoms. The van der Waals surface area contributed by atoms with Crippen molar-refractivity contribution in [1.82, 2.24) is 10.2 Å². The first-order valence-corrected chi connectivity index (χ1v) is 11.5. The van der Waals surface area contributed by atoms with Crippen LogP contribution in [0.3, 0.4) is 0 Å². The van der Waals surface area contributed by atoms with Crippen molar-refractivity contribution in [2.24, 2.45) is 0 Å². The van der Waals surface area contributed by atoms with Crippen molar-refractivity contribution in [3.05, 3.63) is 95.6 Å². The summed E-state index contributed by atoms with van der Waals surface area (Å²) in [6.07, 6.45) is 1.02. The van der Waals surface area contributed by atoms with Crippen LogP contribution in [0.2, 0.25) is 0 Å². The second-order valence-electron chi connectivity index (χ2n) is 9.28. The number of β-lactam (4-membered cyclic amide) rings is 1. The Morgan fingerprint density at radius 2 is 1.68 bits per heavy atom. The van der Waals surface area contributed by atoms with Crippen LogP contribution in [0.15, 0.2) is 78.9 Å². The van der Waals surface area contributed by atoms with Crippen LogP contribution in [0.1, 0.15) is 49.0 Å². The summed E-state index contributed by atoms with van der Waals surface area (Å²) < 4.78 is 10.9. The summed E-state index contributed by atoms with van der Waals surface area (Å²) in [7, 11) is 0. The van der Waals surface area contributed by atoms with Crippen LogP contribution in [-0.2, 0) is 16.0 Å². The molecule has 0 radical (unpaired) electrons. The van der Waals surface area contributed by atoms with E-state index in [-0.39, 0.29) is 30.7 Å². The van der Waals surface area contributed by atoms with Crippen LogP contribution in [0.4, 0.5) is 0 Å². The third kappa shape index (κ3) is 4.12. The molecule has 5 rings (SSSR count). The lowest BCUT2D eigenvalue weighted by Gasteiger charge is -2.50. The topological polar surface area (TPSA) is 67.9 Å². The fourth-order valence-electron chi connectivity index (χ4n) is 4.74. The maximum atomic E-state index is 13.6. The number of fused-ring (bicyclic) bond motifs is 1. The van der Waals surface area contributed by atoms with E-state index in [1.807, 2.05) is 80.6 Å². The number of likely N-dealkylation sites (tertiary alicyclic amines) is 1. The summed E-state index contributed by atoms with van der Waals surface area (Å²) in [5.41, 5.74) is 2.07. The molecular formula is C28H28N2O4. The number of hydrogen-bond donors (Lipinski definition) is 1. The van der Waals surface area contributed by atoms with Crippen molar-refractivity contribution in [1.29, 1.82) is 0 Å². The Balaban J connectivity index is 1.37. The zero-order valence-corrected chi connectivity index (χ0v) is 19.4. The van der Waals surface area contributed by atoms with Gasteiger partial charge in [0.15, 0.2) is 11.5 Å². The van der Waals surface area contributed by atoms with Gasteiger partial charge < -0.3 is 19.7 Å². The molecule has 1 saturated heterocycles. The maximum Gasteiger partial charge on any atom is 0.245 e. The molecule has 2 aliphatic rings.